The van der Waals surface area contributed by atoms with Gasteiger partial charge in [-0.1, -0.05) is 12.6 Å². The first-order chi connectivity index (χ1) is 17.3. The lowest BCUT2D eigenvalue weighted by Gasteiger charge is -2.36. The van der Waals surface area contributed by atoms with Crippen LogP contribution in [0.2, 0.25) is 0 Å². The topological polar surface area (TPSA) is 67.7 Å². The highest BCUT2D eigenvalue weighted by Gasteiger charge is 2.32. The molecule has 0 bridgehead atoms. The van der Waals surface area contributed by atoms with Crippen molar-refractivity contribution in [3.8, 4) is 11.1 Å². The first-order valence-electron chi connectivity index (χ1n) is 11.7. The maximum atomic E-state index is 14.9. The van der Waals surface area contributed by atoms with Gasteiger partial charge in [-0.3, -0.25) is 9.36 Å². The Labute approximate surface area is 211 Å². The van der Waals surface area contributed by atoms with Gasteiger partial charge in [0.2, 0.25) is 5.91 Å². The number of carbonyl (C=O) groups excluding carboxylic acids is 1. The zero-order chi connectivity index (χ0) is 25.6. The largest absolute Gasteiger partial charge is 0.383 e. The van der Waals surface area contributed by atoms with Crippen molar-refractivity contribution in [3.63, 3.8) is 0 Å². The summed E-state index contributed by atoms with van der Waals surface area (Å²) in [5.74, 6) is -0.420. The average Bonchev–Trinajstić information content (AvgIpc) is 2.87. The second-order valence-electron chi connectivity index (χ2n) is 8.92. The molecule has 10 heteroatoms. The van der Waals surface area contributed by atoms with Crippen LogP contribution in [0.25, 0.3) is 22.0 Å². The van der Waals surface area contributed by atoms with Crippen molar-refractivity contribution in [1.29, 1.82) is 0 Å². The molecule has 0 saturated carbocycles. The van der Waals surface area contributed by atoms with Gasteiger partial charge in [0.1, 0.15) is 17.5 Å². The Bertz CT molecular complexity index is 1410. The van der Waals surface area contributed by atoms with E-state index in [-0.39, 0.29) is 17.5 Å². The highest BCUT2D eigenvalue weighted by molar-refractivity contribution is 7.99. The monoisotopic (exact) mass is 512 g/mol. The van der Waals surface area contributed by atoms with Gasteiger partial charge >= 0.3 is 5.69 Å². The zero-order valence-corrected chi connectivity index (χ0v) is 20.9. The molecule has 1 amide bonds. The number of carbonyl (C=O) groups is 1. The molecule has 0 spiro atoms. The normalized spacial score (nSPS) is 17.5. The molecule has 0 aliphatic carbocycles. The highest BCUT2D eigenvalue weighted by atomic mass is 32.2. The van der Waals surface area contributed by atoms with Crippen molar-refractivity contribution in [2.75, 3.05) is 50.5 Å². The molecular weight excluding hydrogens is 486 g/mol. The maximum absolute atomic E-state index is 14.9. The Kier molecular flexibility index (Phi) is 6.57. The van der Waals surface area contributed by atoms with Crippen molar-refractivity contribution >= 4 is 34.4 Å². The Morgan fingerprint density at radius 2 is 1.92 bits per heavy atom. The molecule has 188 valence electrons. The fraction of sp³-hybridized carbons (Fsp3) is 0.346. The van der Waals surface area contributed by atoms with Gasteiger partial charge in [0.25, 0.3) is 0 Å². The molecule has 0 unspecified atom stereocenters. The van der Waals surface area contributed by atoms with Gasteiger partial charge in [0.05, 0.1) is 23.7 Å². The van der Waals surface area contributed by atoms with Gasteiger partial charge in [-0.25, -0.2) is 13.6 Å². The van der Waals surface area contributed by atoms with Gasteiger partial charge in [-0.05, 0) is 36.8 Å². The molecule has 1 atom stereocenters. The van der Waals surface area contributed by atoms with Crippen LogP contribution < -0.4 is 10.6 Å². The van der Waals surface area contributed by atoms with Crippen LogP contribution in [0, 0.1) is 18.6 Å². The number of aryl methyl sites for hydroxylation is 1. The highest BCUT2D eigenvalue weighted by Crippen LogP contribution is 2.46. The summed E-state index contributed by atoms with van der Waals surface area (Å²) in [6.45, 7) is 7.62. The second-order valence-corrected chi connectivity index (χ2v) is 9.95. The predicted octanol–water partition coefficient (Wildman–Crippen LogP) is 3.78. The minimum absolute atomic E-state index is 0.0986. The summed E-state index contributed by atoms with van der Waals surface area (Å²) in [5.41, 5.74) is 1.21. The second kappa shape index (κ2) is 9.67. The zero-order valence-electron chi connectivity index (χ0n) is 20.1. The third-order valence-electron chi connectivity index (χ3n) is 6.76. The van der Waals surface area contributed by atoms with Crippen LogP contribution in [0.5, 0.6) is 0 Å². The standard InChI is InChI=1S/C26H26F2N4O3S/c1-4-20(33)30-8-10-31(11-9-30)25-17-12-15(2)21(22-18(27)6-5-7-19(22)28)24-23(17)32(26(34)29-25)16(13-35-3)14-36-24/h4-7,12,16H,1,8-11,13-14H2,2-3H3/t16-/m0/s1. The van der Waals surface area contributed by atoms with Crippen LogP contribution in [0.4, 0.5) is 14.6 Å². The van der Waals surface area contributed by atoms with E-state index in [1.807, 2.05) is 17.9 Å². The van der Waals surface area contributed by atoms with Crippen molar-refractivity contribution in [3.05, 3.63) is 64.6 Å². The minimum Gasteiger partial charge on any atom is -0.383 e. The summed E-state index contributed by atoms with van der Waals surface area (Å²) in [7, 11) is 1.57. The summed E-state index contributed by atoms with van der Waals surface area (Å²) in [6.07, 6.45) is 1.29. The molecule has 0 N–H and O–H groups in total. The Morgan fingerprint density at radius 1 is 1.22 bits per heavy atom. The molecule has 7 nitrogen and oxygen atoms in total. The minimum atomic E-state index is -0.653. The maximum Gasteiger partial charge on any atom is 0.350 e. The lowest BCUT2D eigenvalue weighted by atomic mass is 9.96. The molecule has 1 saturated heterocycles. The number of hydrogen-bond donors (Lipinski definition) is 0. The molecule has 2 aromatic carbocycles. The summed E-state index contributed by atoms with van der Waals surface area (Å²) < 4.78 is 36.8. The average molecular weight is 513 g/mol. The van der Waals surface area contributed by atoms with E-state index in [2.05, 4.69) is 11.6 Å². The molecule has 36 heavy (non-hydrogen) atoms. The van der Waals surface area contributed by atoms with Crippen LogP contribution in [-0.4, -0.2) is 66.0 Å². The van der Waals surface area contributed by atoms with Gasteiger partial charge in [0.15, 0.2) is 0 Å². The van der Waals surface area contributed by atoms with Crippen molar-refractivity contribution < 1.29 is 18.3 Å². The van der Waals surface area contributed by atoms with E-state index in [0.29, 0.717) is 65.9 Å². The van der Waals surface area contributed by atoms with E-state index in [1.54, 1.807) is 16.6 Å². The fourth-order valence-corrected chi connectivity index (χ4v) is 6.45. The molecule has 2 aliphatic heterocycles. The molecule has 1 fully saturated rings. The van der Waals surface area contributed by atoms with E-state index >= 15 is 0 Å². The number of thioether (sulfide) groups is 1. The summed E-state index contributed by atoms with van der Waals surface area (Å²) in [5, 5.41) is 0.736. The van der Waals surface area contributed by atoms with E-state index < -0.39 is 17.3 Å². The number of nitrogens with zero attached hydrogens (tertiary/aromatic N) is 4. The molecule has 2 aliphatic rings. The Balaban J connectivity index is 1.74. The number of halogens is 2. The molecule has 3 aromatic rings. The lowest BCUT2D eigenvalue weighted by Crippen LogP contribution is -2.49. The Morgan fingerprint density at radius 3 is 2.56 bits per heavy atom. The van der Waals surface area contributed by atoms with Crippen LogP contribution in [0.3, 0.4) is 0 Å². The lowest BCUT2D eigenvalue weighted by molar-refractivity contribution is -0.126. The molecule has 5 rings (SSSR count). The SMILES string of the molecule is C=CC(=O)N1CCN(c2nc(=O)n3c4c(c(-c5c(F)cccc5F)c(C)cc24)SC[C@@H]3COC)CC1. The van der Waals surface area contributed by atoms with Crippen LogP contribution in [-0.2, 0) is 9.53 Å². The quantitative estimate of drug-likeness (QED) is 0.485. The first kappa shape index (κ1) is 24.5. The summed E-state index contributed by atoms with van der Waals surface area (Å²) >= 11 is 1.47. The van der Waals surface area contributed by atoms with Gasteiger partial charge < -0.3 is 14.5 Å². The van der Waals surface area contributed by atoms with E-state index in [9.17, 15) is 18.4 Å². The third kappa shape index (κ3) is 3.98. The molecule has 1 aromatic heterocycles. The number of piperazine rings is 1. The first-order valence-corrected chi connectivity index (χ1v) is 12.7. The van der Waals surface area contributed by atoms with Crippen molar-refractivity contribution in [2.45, 2.75) is 17.9 Å². The molecular formula is C26H26F2N4O3S. The van der Waals surface area contributed by atoms with Gasteiger partial charge in [-0.15, -0.1) is 11.8 Å². The number of ether oxygens (including phenoxy) is 1. The smallest absolute Gasteiger partial charge is 0.350 e. The van der Waals surface area contributed by atoms with Crippen molar-refractivity contribution in [1.82, 2.24) is 14.5 Å². The van der Waals surface area contributed by atoms with E-state index in [1.165, 1.54) is 36.0 Å². The van der Waals surface area contributed by atoms with Gasteiger partial charge in [-0.2, -0.15) is 4.98 Å². The molecule has 3 heterocycles. The number of anilines is 1. The van der Waals surface area contributed by atoms with Crippen molar-refractivity contribution in [2.24, 2.45) is 0 Å². The number of rotatable bonds is 5. The van der Waals surface area contributed by atoms with Crippen LogP contribution >= 0.6 is 11.8 Å². The van der Waals surface area contributed by atoms with Crippen LogP contribution in [0.1, 0.15) is 11.6 Å². The molecule has 0 radical (unpaired) electrons. The van der Waals surface area contributed by atoms with Crippen LogP contribution in [0.15, 0.2) is 46.6 Å². The predicted molar refractivity (Wildman–Crippen MR) is 137 cm³/mol. The number of methoxy groups -OCH3 is 1. The summed E-state index contributed by atoms with van der Waals surface area (Å²) in [6, 6.07) is 5.41. The number of hydrogen-bond acceptors (Lipinski definition) is 6. The van der Waals surface area contributed by atoms with E-state index in [0.717, 1.165) is 5.39 Å². The third-order valence-corrected chi connectivity index (χ3v) is 8.00. The number of benzene rings is 2. The fourth-order valence-electron chi connectivity index (χ4n) is 5.09. The number of amides is 1. The number of aromatic nitrogens is 2. The van der Waals surface area contributed by atoms with E-state index in [4.69, 9.17) is 4.74 Å². The Hall–Kier alpha value is -3.24. The van der Waals surface area contributed by atoms with Gasteiger partial charge in [0, 0.05) is 54.9 Å². The summed E-state index contributed by atoms with van der Waals surface area (Å²) in [4.78, 5) is 34.3.